The number of rotatable bonds is 12. The highest BCUT2D eigenvalue weighted by atomic mass is 16.5. The number of carbonyl (C=O) groups is 2. The highest BCUT2D eigenvalue weighted by Gasteiger charge is 2.37. The zero-order valence-corrected chi connectivity index (χ0v) is 17.7. The van der Waals surface area contributed by atoms with Gasteiger partial charge < -0.3 is 19.9 Å². The third-order valence-corrected chi connectivity index (χ3v) is 5.92. The number of aryl methyl sites for hydroxylation is 1. The number of carbonyl (C=O) groups excluding carboxylic acids is 2. The van der Waals surface area contributed by atoms with Crippen molar-refractivity contribution in [2.45, 2.75) is 71.1 Å². The molecule has 0 spiro atoms. The SMILES string of the molecule is CCOCC(=O)NC[C@@H]1CC[C@H](CC(=O)NCc2nccn2CC)N1CC1CC1. The molecule has 1 saturated heterocycles. The molecular weight excluding hydrogens is 370 g/mol. The Balaban J connectivity index is 1.48. The Hall–Kier alpha value is -1.93. The summed E-state index contributed by atoms with van der Waals surface area (Å²) in [5, 5.41) is 6.03. The van der Waals surface area contributed by atoms with Gasteiger partial charge in [-0.3, -0.25) is 14.5 Å². The van der Waals surface area contributed by atoms with Crippen LogP contribution < -0.4 is 10.6 Å². The van der Waals surface area contributed by atoms with Crippen LogP contribution >= 0.6 is 0 Å². The first-order valence-electron chi connectivity index (χ1n) is 11.0. The second kappa shape index (κ2) is 10.7. The monoisotopic (exact) mass is 405 g/mol. The lowest BCUT2D eigenvalue weighted by Crippen LogP contribution is -2.46. The normalized spacial score (nSPS) is 22.0. The molecule has 0 aromatic carbocycles. The van der Waals surface area contributed by atoms with Crippen LogP contribution in [0.25, 0.3) is 0 Å². The Morgan fingerprint density at radius 2 is 1.93 bits per heavy atom. The van der Waals surface area contributed by atoms with E-state index in [1.165, 1.54) is 12.8 Å². The maximum Gasteiger partial charge on any atom is 0.246 e. The van der Waals surface area contributed by atoms with Gasteiger partial charge in [0, 0.05) is 57.1 Å². The number of imidazole rings is 1. The molecule has 8 heteroatoms. The van der Waals surface area contributed by atoms with E-state index in [4.69, 9.17) is 4.74 Å². The molecule has 162 valence electrons. The van der Waals surface area contributed by atoms with Crippen LogP contribution in [0.15, 0.2) is 12.4 Å². The molecule has 1 aromatic rings. The summed E-state index contributed by atoms with van der Waals surface area (Å²) >= 11 is 0. The lowest BCUT2D eigenvalue weighted by atomic mass is 10.1. The molecule has 8 nitrogen and oxygen atoms in total. The predicted molar refractivity (Wildman–Crippen MR) is 110 cm³/mol. The van der Waals surface area contributed by atoms with Gasteiger partial charge in [0.1, 0.15) is 12.4 Å². The van der Waals surface area contributed by atoms with Crippen molar-refractivity contribution in [2.75, 3.05) is 26.3 Å². The number of nitrogens with one attached hydrogen (secondary N) is 2. The van der Waals surface area contributed by atoms with E-state index in [2.05, 4.69) is 27.4 Å². The molecule has 3 rings (SSSR count). The molecule has 0 radical (unpaired) electrons. The van der Waals surface area contributed by atoms with Gasteiger partial charge in [0.2, 0.25) is 11.8 Å². The van der Waals surface area contributed by atoms with Crippen LogP contribution in [0, 0.1) is 5.92 Å². The fourth-order valence-electron chi connectivity index (χ4n) is 4.09. The van der Waals surface area contributed by atoms with Crippen molar-refractivity contribution >= 4 is 11.8 Å². The van der Waals surface area contributed by atoms with Crippen molar-refractivity contribution in [3.8, 4) is 0 Å². The van der Waals surface area contributed by atoms with E-state index >= 15 is 0 Å². The van der Waals surface area contributed by atoms with Crippen molar-refractivity contribution in [2.24, 2.45) is 5.92 Å². The first-order valence-corrected chi connectivity index (χ1v) is 11.0. The summed E-state index contributed by atoms with van der Waals surface area (Å²) in [7, 11) is 0. The lowest BCUT2D eigenvalue weighted by Gasteiger charge is -2.30. The number of hydrogen-bond acceptors (Lipinski definition) is 5. The average Bonchev–Trinajstić information content (AvgIpc) is 3.29. The minimum absolute atomic E-state index is 0.0640. The van der Waals surface area contributed by atoms with Gasteiger partial charge in [0.15, 0.2) is 0 Å². The molecule has 2 fully saturated rings. The van der Waals surface area contributed by atoms with Crippen LogP contribution in [0.4, 0.5) is 0 Å². The van der Waals surface area contributed by atoms with Crippen LogP contribution in [0.3, 0.4) is 0 Å². The van der Waals surface area contributed by atoms with Gasteiger partial charge >= 0.3 is 0 Å². The summed E-state index contributed by atoms with van der Waals surface area (Å²) in [5.74, 6) is 1.64. The van der Waals surface area contributed by atoms with E-state index in [1.807, 2.05) is 17.7 Å². The average molecular weight is 406 g/mol. The number of ether oxygens (including phenoxy) is 1. The van der Waals surface area contributed by atoms with Crippen LogP contribution in [0.1, 0.15) is 51.8 Å². The number of aromatic nitrogens is 2. The molecule has 1 aromatic heterocycles. The zero-order chi connectivity index (χ0) is 20.6. The predicted octanol–water partition coefficient (Wildman–Crippen LogP) is 1.31. The van der Waals surface area contributed by atoms with Crippen molar-refractivity contribution in [1.82, 2.24) is 25.1 Å². The van der Waals surface area contributed by atoms with E-state index in [1.54, 1.807) is 6.20 Å². The number of nitrogens with zero attached hydrogens (tertiary/aromatic N) is 3. The summed E-state index contributed by atoms with van der Waals surface area (Å²) in [6.07, 6.45) is 8.76. The van der Waals surface area contributed by atoms with Crippen molar-refractivity contribution in [1.29, 1.82) is 0 Å². The Morgan fingerprint density at radius 3 is 2.66 bits per heavy atom. The summed E-state index contributed by atoms with van der Waals surface area (Å²) in [5.41, 5.74) is 0. The lowest BCUT2D eigenvalue weighted by molar-refractivity contribution is -0.126. The number of likely N-dealkylation sites (tertiary alicyclic amines) is 1. The zero-order valence-electron chi connectivity index (χ0n) is 17.7. The Labute approximate surface area is 173 Å². The van der Waals surface area contributed by atoms with Gasteiger partial charge in [0.25, 0.3) is 0 Å². The van der Waals surface area contributed by atoms with Crippen molar-refractivity contribution in [3.63, 3.8) is 0 Å². The maximum absolute atomic E-state index is 12.6. The second-order valence-corrected chi connectivity index (χ2v) is 8.08. The molecule has 2 heterocycles. The minimum Gasteiger partial charge on any atom is -0.372 e. The third kappa shape index (κ3) is 6.54. The molecule has 29 heavy (non-hydrogen) atoms. The van der Waals surface area contributed by atoms with Crippen molar-refractivity contribution < 1.29 is 14.3 Å². The van der Waals surface area contributed by atoms with E-state index in [0.29, 0.717) is 32.2 Å². The van der Waals surface area contributed by atoms with Gasteiger partial charge in [-0.25, -0.2) is 4.98 Å². The quantitative estimate of drug-likeness (QED) is 0.547. The number of hydrogen-bond donors (Lipinski definition) is 2. The molecule has 2 aliphatic rings. The molecule has 1 aliphatic carbocycles. The van der Waals surface area contributed by atoms with Gasteiger partial charge in [-0.05, 0) is 45.4 Å². The van der Waals surface area contributed by atoms with Crippen LogP contribution in [0.5, 0.6) is 0 Å². The summed E-state index contributed by atoms with van der Waals surface area (Å²) in [6.45, 7) is 7.58. The molecule has 2 amide bonds. The molecule has 2 atom stereocenters. The van der Waals surface area contributed by atoms with Gasteiger partial charge in [0.05, 0.1) is 6.54 Å². The Morgan fingerprint density at radius 1 is 1.14 bits per heavy atom. The summed E-state index contributed by atoms with van der Waals surface area (Å²) in [4.78, 5) is 31.2. The van der Waals surface area contributed by atoms with Crippen LogP contribution in [0.2, 0.25) is 0 Å². The van der Waals surface area contributed by atoms with E-state index in [-0.39, 0.29) is 24.5 Å². The Bertz CT molecular complexity index is 673. The fourth-order valence-corrected chi connectivity index (χ4v) is 4.09. The summed E-state index contributed by atoms with van der Waals surface area (Å²) in [6, 6.07) is 0.549. The largest absolute Gasteiger partial charge is 0.372 e. The molecule has 1 saturated carbocycles. The van der Waals surface area contributed by atoms with E-state index in [9.17, 15) is 9.59 Å². The fraction of sp³-hybridized carbons (Fsp3) is 0.762. The molecular formula is C21H35N5O3. The second-order valence-electron chi connectivity index (χ2n) is 8.08. The first-order chi connectivity index (χ1) is 14.1. The third-order valence-electron chi connectivity index (χ3n) is 5.92. The van der Waals surface area contributed by atoms with Gasteiger partial charge in [-0.1, -0.05) is 0 Å². The van der Waals surface area contributed by atoms with E-state index in [0.717, 1.165) is 37.7 Å². The maximum atomic E-state index is 12.6. The molecule has 0 bridgehead atoms. The van der Waals surface area contributed by atoms with Crippen LogP contribution in [-0.4, -0.2) is 64.7 Å². The Kier molecular flexibility index (Phi) is 8.06. The minimum atomic E-state index is -0.0640. The van der Waals surface area contributed by atoms with Crippen molar-refractivity contribution in [3.05, 3.63) is 18.2 Å². The highest BCUT2D eigenvalue weighted by molar-refractivity contribution is 5.77. The molecule has 2 N–H and O–H groups in total. The summed E-state index contributed by atoms with van der Waals surface area (Å²) < 4.78 is 7.21. The first kappa shape index (κ1) is 21.8. The van der Waals surface area contributed by atoms with E-state index < -0.39 is 0 Å². The smallest absolute Gasteiger partial charge is 0.246 e. The standard InChI is InChI=1S/C21H35N5O3/c1-3-25-10-9-22-19(25)13-24-20(27)11-17-7-8-18(26(17)14-16-5-6-16)12-23-21(28)15-29-4-2/h9-10,16-18H,3-8,11-15H2,1-2H3,(H,23,28)(H,24,27)/t17-,18+/m1/s1. The topological polar surface area (TPSA) is 88.5 Å². The van der Waals surface area contributed by atoms with Gasteiger partial charge in [-0.2, -0.15) is 0 Å². The molecule has 0 unspecified atom stereocenters. The van der Waals surface area contributed by atoms with Crippen LogP contribution in [-0.2, 0) is 27.4 Å². The van der Waals surface area contributed by atoms with Gasteiger partial charge in [-0.15, -0.1) is 0 Å². The number of amides is 2. The molecule has 1 aliphatic heterocycles. The highest BCUT2D eigenvalue weighted by Crippen LogP contribution is 2.35.